The quantitative estimate of drug-likeness (QED) is 0.636. The van der Waals surface area contributed by atoms with Crippen LogP contribution in [0.25, 0.3) is 0 Å². The van der Waals surface area contributed by atoms with Crippen LogP contribution in [0.1, 0.15) is 12.0 Å². The third-order valence-corrected chi connectivity index (χ3v) is 3.92. The molecule has 1 aliphatic carbocycles. The number of alkyl halides is 3. The van der Waals surface area contributed by atoms with Crippen molar-refractivity contribution in [1.29, 1.82) is 0 Å². The molecular formula is C13H11F3O3S. The van der Waals surface area contributed by atoms with Gasteiger partial charge in [-0.15, -0.1) is 0 Å². The Kier molecular flexibility index (Phi) is 3.75. The van der Waals surface area contributed by atoms with Gasteiger partial charge >= 0.3 is 15.6 Å². The zero-order chi connectivity index (χ0) is 14.9. The molecule has 0 radical (unpaired) electrons. The van der Waals surface area contributed by atoms with E-state index in [2.05, 4.69) is 4.18 Å². The molecule has 1 atom stereocenters. The predicted molar refractivity (Wildman–Crippen MR) is 67.1 cm³/mol. The van der Waals surface area contributed by atoms with Gasteiger partial charge in [0.15, 0.2) is 0 Å². The molecule has 1 aromatic rings. The highest BCUT2D eigenvalue weighted by atomic mass is 32.2. The summed E-state index contributed by atoms with van der Waals surface area (Å²) in [5.74, 6) is 0. The minimum atomic E-state index is -5.69. The fraction of sp³-hybridized carbons (Fsp3) is 0.231. The van der Waals surface area contributed by atoms with Crippen molar-refractivity contribution in [2.24, 2.45) is 0 Å². The average Bonchev–Trinajstić information content (AvgIpc) is 2.39. The monoisotopic (exact) mass is 304 g/mol. The summed E-state index contributed by atoms with van der Waals surface area (Å²) in [7, 11) is -5.69. The Labute approximate surface area is 114 Å². The van der Waals surface area contributed by atoms with Crippen LogP contribution < -0.4 is 0 Å². The van der Waals surface area contributed by atoms with Crippen molar-refractivity contribution in [1.82, 2.24) is 0 Å². The van der Waals surface area contributed by atoms with Crippen molar-refractivity contribution in [3.63, 3.8) is 0 Å². The molecule has 1 aromatic carbocycles. The Balaban J connectivity index is 2.46. The summed E-state index contributed by atoms with van der Waals surface area (Å²) in [6.07, 6.45) is 5.94. The lowest BCUT2D eigenvalue weighted by Crippen LogP contribution is -2.36. The smallest absolute Gasteiger partial charge is 0.247 e. The summed E-state index contributed by atoms with van der Waals surface area (Å²) in [6, 6.07) is 7.93. The van der Waals surface area contributed by atoms with E-state index >= 15 is 0 Å². The van der Waals surface area contributed by atoms with Gasteiger partial charge in [-0.2, -0.15) is 21.6 Å². The SMILES string of the molecule is O=S(=O)(OC1(c2ccccc2)C=CC=CC1)C(F)(F)F. The zero-order valence-corrected chi connectivity index (χ0v) is 11.0. The van der Waals surface area contributed by atoms with Crippen molar-refractivity contribution >= 4 is 10.1 Å². The molecule has 0 fully saturated rings. The molecule has 0 aliphatic heterocycles. The lowest BCUT2D eigenvalue weighted by atomic mass is 9.88. The summed E-state index contributed by atoms with van der Waals surface area (Å²) in [4.78, 5) is 0. The van der Waals surface area contributed by atoms with Gasteiger partial charge in [-0.3, -0.25) is 0 Å². The van der Waals surface area contributed by atoms with Crippen molar-refractivity contribution in [2.75, 3.05) is 0 Å². The number of hydrogen-bond donors (Lipinski definition) is 0. The van der Waals surface area contributed by atoms with E-state index in [1.165, 1.54) is 24.3 Å². The molecule has 0 bridgehead atoms. The van der Waals surface area contributed by atoms with Crippen molar-refractivity contribution in [3.05, 3.63) is 60.2 Å². The molecule has 108 valence electrons. The van der Waals surface area contributed by atoms with Crippen molar-refractivity contribution < 1.29 is 25.8 Å². The van der Waals surface area contributed by atoms with E-state index in [1.54, 1.807) is 30.4 Å². The van der Waals surface area contributed by atoms with Crippen LogP contribution in [-0.2, 0) is 19.9 Å². The predicted octanol–water partition coefficient (Wildman–Crippen LogP) is 3.26. The molecule has 0 saturated heterocycles. The Morgan fingerprint density at radius 2 is 1.75 bits per heavy atom. The standard InChI is InChI=1S/C13H11F3O3S/c14-13(15,16)20(17,18)19-12(9-5-2-6-10-12)11-7-3-1-4-8-11/h1-9H,10H2. The molecule has 2 rings (SSSR count). The summed E-state index contributed by atoms with van der Waals surface area (Å²) < 4.78 is 64.7. The highest BCUT2D eigenvalue weighted by Gasteiger charge is 2.51. The summed E-state index contributed by atoms with van der Waals surface area (Å²) in [5, 5.41) is 0. The second kappa shape index (κ2) is 5.06. The number of benzene rings is 1. The van der Waals surface area contributed by atoms with Gasteiger partial charge in [-0.25, -0.2) is 4.18 Å². The number of allylic oxidation sites excluding steroid dienone is 2. The second-order valence-corrected chi connectivity index (χ2v) is 5.77. The molecule has 1 aliphatic rings. The first-order valence-corrected chi connectivity index (χ1v) is 7.09. The molecule has 0 saturated carbocycles. The van der Waals surface area contributed by atoms with E-state index in [-0.39, 0.29) is 6.42 Å². The summed E-state index contributed by atoms with van der Waals surface area (Å²) in [6.45, 7) is 0. The molecule has 7 heteroatoms. The van der Waals surface area contributed by atoms with Crippen LogP contribution in [-0.4, -0.2) is 13.9 Å². The minimum Gasteiger partial charge on any atom is -0.247 e. The number of rotatable bonds is 3. The maximum atomic E-state index is 12.5. The van der Waals surface area contributed by atoms with E-state index < -0.39 is 21.2 Å². The molecule has 0 N–H and O–H groups in total. The largest absolute Gasteiger partial charge is 0.523 e. The number of halogens is 3. The van der Waals surface area contributed by atoms with E-state index in [1.807, 2.05) is 0 Å². The number of hydrogen-bond acceptors (Lipinski definition) is 3. The first-order chi connectivity index (χ1) is 9.27. The van der Waals surface area contributed by atoms with Crippen LogP contribution in [0.3, 0.4) is 0 Å². The van der Waals surface area contributed by atoms with Crippen LogP contribution in [0.2, 0.25) is 0 Å². The maximum Gasteiger partial charge on any atom is 0.523 e. The van der Waals surface area contributed by atoms with Crippen LogP contribution in [0.5, 0.6) is 0 Å². The summed E-state index contributed by atoms with van der Waals surface area (Å²) >= 11 is 0. The average molecular weight is 304 g/mol. The molecule has 0 heterocycles. The zero-order valence-electron chi connectivity index (χ0n) is 10.2. The molecule has 0 spiro atoms. The first kappa shape index (κ1) is 14.8. The molecule has 3 nitrogen and oxygen atoms in total. The van der Waals surface area contributed by atoms with E-state index in [0.29, 0.717) is 5.56 Å². The van der Waals surface area contributed by atoms with E-state index in [9.17, 15) is 21.6 Å². The molecule has 0 amide bonds. The Hall–Kier alpha value is -1.60. The van der Waals surface area contributed by atoms with Gasteiger partial charge in [-0.1, -0.05) is 48.6 Å². The Bertz CT molecular complexity index is 633. The van der Waals surface area contributed by atoms with E-state index in [4.69, 9.17) is 0 Å². The first-order valence-electron chi connectivity index (χ1n) is 5.69. The molecule has 0 aromatic heterocycles. The fourth-order valence-electron chi connectivity index (χ4n) is 1.89. The Morgan fingerprint density at radius 3 is 2.25 bits per heavy atom. The van der Waals surface area contributed by atoms with Crippen LogP contribution in [0, 0.1) is 0 Å². The van der Waals surface area contributed by atoms with Crippen LogP contribution in [0.15, 0.2) is 54.6 Å². The van der Waals surface area contributed by atoms with Gasteiger partial charge in [0.05, 0.1) is 0 Å². The summed E-state index contributed by atoms with van der Waals surface area (Å²) in [5.41, 5.74) is -6.78. The van der Waals surface area contributed by atoms with Gasteiger partial charge in [0.1, 0.15) is 5.60 Å². The fourth-order valence-corrected chi connectivity index (χ4v) is 2.59. The lowest BCUT2D eigenvalue weighted by Gasteiger charge is -2.31. The van der Waals surface area contributed by atoms with Gasteiger partial charge in [0.2, 0.25) is 0 Å². The Morgan fingerprint density at radius 1 is 1.10 bits per heavy atom. The van der Waals surface area contributed by atoms with Gasteiger partial charge in [0, 0.05) is 6.42 Å². The van der Waals surface area contributed by atoms with Gasteiger partial charge in [-0.05, 0) is 11.6 Å². The van der Waals surface area contributed by atoms with Crippen molar-refractivity contribution in [2.45, 2.75) is 17.5 Å². The van der Waals surface area contributed by atoms with Crippen LogP contribution >= 0.6 is 0 Å². The second-order valence-electron chi connectivity index (χ2n) is 4.23. The third kappa shape index (κ3) is 2.78. The molecule has 20 heavy (non-hydrogen) atoms. The topological polar surface area (TPSA) is 43.4 Å². The molecular weight excluding hydrogens is 293 g/mol. The third-order valence-electron chi connectivity index (χ3n) is 2.84. The maximum absolute atomic E-state index is 12.5. The van der Waals surface area contributed by atoms with Crippen molar-refractivity contribution in [3.8, 4) is 0 Å². The minimum absolute atomic E-state index is 0.00280. The highest BCUT2D eigenvalue weighted by Crippen LogP contribution is 2.39. The molecule has 1 unspecified atom stereocenters. The van der Waals surface area contributed by atoms with Gasteiger partial charge in [0.25, 0.3) is 0 Å². The van der Waals surface area contributed by atoms with E-state index in [0.717, 1.165) is 0 Å². The van der Waals surface area contributed by atoms with Crippen LogP contribution in [0.4, 0.5) is 13.2 Å². The van der Waals surface area contributed by atoms with Gasteiger partial charge < -0.3 is 0 Å². The highest BCUT2D eigenvalue weighted by molar-refractivity contribution is 7.87. The normalized spacial score (nSPS) is 22.9. The lowest BCUT2D eigenvalue weighted by molar-refractivity contribution is -0.0620.